The second-order valence-electron chi connectivity index (χ2n) is 5.46. The molecule has 1 amide bonds. The summed E-state index contributed by atoms with van der Waals surface area (Å²) in [5, 5.41) is 3.37. The molecule has 3 rings (SSSR count). The molecule has 0 radical (unpaired) electrons. The SMILES string of the molecule is O=C(NCC1COC2(CCCCC2)O1)c1cc(Cl)c[nH]1. The summed E-state index contributed by atoms with van der Waals surface area (Å²) < 4.78 is 11.8. The fourth-order valence-electron chi connectivity index (χ4n) is 2.87. The van der Waals surface area contributed by atoms with E-state index in [1.165, 1.54) is 6.42 Å². The normalized spacial score (nSPS) is 24.9. The van der Waals surface area contributed by atoms with Gasteiger partial charge in [0.2, 0.25) is 0 Å². The molecule has 2 heterocycles. The molecule has 6 heteroatoms. The van der Waals surface area contributed by atoms with Gasteiger partial charge >= 0.3 is 0 Å². The van der Waals surface area contributed by atoms with E-state index >= 15 is 0 Å². The molecule has 1 aromatic rings. The lowest BCUT2D eigenvalue weighted by molar-refractivity contribution is -0.186. The molecular formula is C14H19ClN2O3. The fourth-order valence-corrected chi connectivity index (χ4v) is 3.03. The Morgan fingerprint density at radius 1 is 1.45 bits per heavy atom. The number of aromatic amines is 1. The van der Waals surface area contributed by atoms with Gasteiger partial charge in [-0.25, -0.2) is 0 Å². The van der Waals surface area contributed by atoms with Crippen LogP contribution in [0.25, 0.3) is 0 Å². The van der Waals surface area contributed by atoms with E-state index in [-0.39, 0.29) is 17.8 Å². The minimum absolute atomic E-state index is 0.0671. The van der Waals surface area contributed by atoms with Crippen LogP contribution in [0, 0.1) is 0 Å². The number of nitrogens with one attached hydrogen (secondary N) is 2. The Morgan fingerprint density at radius 3 is 2.95 bits per heavy atom. The second kappa shape index (κ2) is 5.76. The zero-order valence-corrected chi connectivity index (χ0v) is 12.0. The molecule has 1 aliphatic carbocycles. The molecule has 20 heavy (non-hydrogen) atoms. The first-order valence-corrected chi connectivity index (χ1v) is 7.49. The van der Waals surface area contributed by atoms with Crippen molar-refractivity contribution in [3.05, 3.63) is 23.0 Å². The van der Waals surface area contributed by atoms with E-state index in [9.17, 15) is 4.79 Å². The fraction of sp³-hybridized carbons (Fsp3) is 0.643. The second-order valence-corrected chi connectivity index (χ2v) is 5.90. The summed E-state index contributed by atoms with van der Waals surface area (Å²) in [7, 11) is 0. The smallest absolute Gasteiger partial charge is 0.267 e. The van der Waals surface area contributed by atoms with Gasteiger partial charge in [-0.1, -0.05) is 18.0 Å². The molecule has 1 aliphatic heterocycles. The molecule has 1 aromatic heterocycles. The van der Waals surface area contributed by atoms with Crippen LogP contribution in [-0.4, -0.2) is 35.9 Å². The van der Waals surface area contributed by atoms with E-state index in [0.29, 0.717) is 23.9 Å². The van der Waals surface area contributed by atoms with Crippen molar-refractivity contribution in [3.63, 3.8) is 0 Å². The first-order valence-electron chi connectivity index (χ1n) is 7.11. The number of H-pyrrole nitrogens is 1. The van der Waals surface area contributed by atoms with Crippen LogP contribution in [0.1, 0.15) is 42.6 Å². The standard InChI is InChI=1S/C14H19ClN2O3/c15-10-6-12(16-7-10)13(18)17-8-11-9-19-14(20-11)4-2-1-3-5-14/h6-7,11,16H,1-5,8-9H2,(H,17,18). The van der Waals surface area contributed by atoms with Crippen molar-refractivity contribution in [1.82, 2.24) is 10.3 Å². The number of ether oxygens (including phenoxy) is 2. The van der Waals surface area contributed by atoms with E-state index in [1.54, 1.807) is 12.3 Å². The van der Waals surface area contributed by atoms with Crippen LogP contribution in [0.5, 0.6) is 0 Å². The lowest BCUT2D eigenvalue weighted by atomic mass is 9.94. The predicted octanol–water partition coefficient (Wildman–Crippen LogP) is 2.47. The highest BCUT2D eigenvalue weighted by atomic mass is 35.5. The van der Waals surface area contributed by atoms with Gasteiger partial charge in [-0.2, -0.15) is 0 Å². The van der Waals surface area contributed by atoms with Gasteiger partial charge < -0.3 is 19.8 Å². The van der Waals surface area contributed by atoms with Gasteiger partial charge in [-0.15, -0.1) is 0 Å². The summed E-state index contributed by atoms with van der Waals surface area (Å²) >= 11 is 5.77. The Hall–Kier alpha value is -1.04. The summed E-state index contributed by atoms with van der Waals surface area (Å²) in [6.07, 6.45) is 7.00. The van der Waals surface area contributed by atoms with Crippen LogP contribution >= 0.6 is 11.6 Å². The third-order valence-electron chi connectivity index (χ3n) is 3.91. The maximum atomic E-state index is 11.9. The summed E-state index contributed by atoms with van der Waals surface area (Å²) in [6, 6.07) is 1.60. The van der Waals surface area contributed by atoms with E-state index in [4.69, 9.17) is 21.1 Å². The van der Waals surface area contributed by atoms with Gasteiger partial charge in [0.05, 0.1) is 11.6 Å². The maximum Gasteiger partial charge on any atom is 0.267 e. The Labute approximate surface area is 123 Å². The Kier molecular flexibility index (Phi) is 4.01. The van der Waals surface area contributed by atoms with Crippen LogP contribution in [0.4, 0.5) is 0 Å². The van der Waals surface area contributed by atoms with Gasteiger partial charge in [0, 0.05) is 25.6 Å². The molecule has 1 unspecified atom stereocenters. The molecule has 1 saturated heterocycles. The van der Waals surface area contributed by atoms with Crippen LogP contribution < -0.4 is 5.32 Å². The number of aromatic nitrogens is 1. The molecular weight excluding hydrogens is 280 g/mol. The first-order chi connectivity index (χ1) is 9.67. The highest BCUT2D eigenvalue weighted by Crippen LogP contribution is 2.37. The van der Waals surface area contributed by atoms with Crippen molar-refractivity contribution in [2.75, 3.05) is 13.2 Å². The van der Waals surface area contributed by atoms with Crippen molar-refractivity contribution >= 4 is 17.5 Å². The van der Waals surface area contributed by atoms with E-state index in [0.717, 1.165) is 25.7 Å². The molecule has 2 aliphatic rings. The van der Waals surface area contributed by atoms with Crippen LogP contribution in [-0.2, 0) is 9.47 Å². The van der Waals surface area contributed by atoms with Gasteiger partial charge in [-0.3, -0.25) is 4.79 Å². The number of hydrogen-bond donors (Lipinski definition) is 2. The minimum Gasteiger partial charge on any atom is -0.356 e. The van der Waals surface area contributed by atoms with E-state index < -0.39 is 0 Å². The number of halogens is 1. The third kappa shape index (κ3) is 3.00. The Balaban J connectivity index is 1.49. The van der Waals surface area contributed by atoms with Crippen LogP contribution in [0.15, 0.2) is 12.3 Å². The minimum atomic E-state index is -0.386. The third-order valence-corrected chi connectivity index (χ3v) is 4.13. The maximum absolute atomic E-state index is 11.9. The highest BCUT2D eigenvalue weighted by molar-refractivity contribution is 6.30. The Morgan fingerprint density at radius 2 is 2.25 bits per heavy atom. The van der Waals surface area contributed by atoms with Gasteiger partial charge in [0.15, 0.2) is 5.79 Å². The lowest BCUT2D eigenvalue weighted by Crippen LogP contribution is -2.37. The topological polar surface area (TPSA) is 63.4 Å². The molecule has 2 N–H and O–H groups in total. The van der Waals surface area contributed by atoms with E-state index in [1.807, 2.05) is 0 Å². The zero-order valence-electron chi connectivity index (χ0n) is 11.3. The molecule has 5 nitrogen and oxygen atoms in total. The predicted molar refractivity (Wildman–Crippen MR) is 74.8 cm³/mol. The van der Waals surface area contributed by atoms with Gasteiger partial charge in [0.1, 0.15) is 11.8 Å². The van der Waals surface area contributed by atoms with Crippen molar-refractivity contribution in [3.8, 4) is 0 Å². The molecule has 0 aromatic carbocycles. The molecule has 110 valence electrons. The number of hydrogen-bond acceptors (Lipinski definition) is 3. The van der Waals surface area contributed by atoms with Crippen LogP contribution in [0.2, 0.25) is 5.02 Å². The number of carbonyl (C=O) groups is 1. The molecule has 1 saturated carbocycles. The monoisotopic (exact) mass is 298 g/mol. The number of rotatable bonds is 3. The molecule has 1 atom stereocenters. The lowest BCUT2D eigenvalue weighted by Gasteiger charge is -2.31. The largest absolute Gasteiger partial charge is 0.356 e. The summed E-state index contributed by atoms with van der Waals surface area (Å²) in [6.45, 7) is 1.00. The van der Waals surface area contributed by atoms with Crippen LogP contribution in [0.3, 0.4) is 0 Å². The van der Waals surface area contributed by atoms with Crippen molar-refractivity contribution < 1.29 is 14.3 Å². The average Bonchev–Trinajstić information content (AvgIpc) is 3.05. The first kappa shape index (κ1) is 13.9. The molecule has 2 fully saturated rings. The van der Waals surface area contributed by atoms with Gasteiger partial charge in [0.25, 0.3) is 5.91 Å². The average molecular weight is 299 g/mol. The van der Waals surface area contributed by atoms with Gasteiger partial charge in [-0.05, 0) is 18.9 Å². The number of amides is 1. The summed E-state index contributed by atoms with van der Waals surface area (Å²) in [5.74, 6) is -0.561. The van der Waals surface area contributed by atoms with Crippen molar-refractivity contribution in [2.24, 2.45) is 0 Å². The molecule has 1 spiro atoms. The van der Waals surface area contributed by atoms with Crippen molar-refractivity contribution in [2.45, 2.75) is 44.0 Å². The highest BCUT2D eigenvalue weighted by Gasteiger charge is 2.42. The summed E-state index contributed by atoms with van der Waals surface area (Å²) in [4.78, 5) is 14.7. The quantitative estimate of drug-likeness (QED) is 0.901. The Bertz CT molecular complexity index is 483. The number of carbonyl (C=O) groups excluding carboxylic acids is 1. The van der Waals surface area contributed by atoms with E-state index in [2.05, 4.69) is 10.3 Å². The van der Waals surface area contributed by atoms with Crippen molar-refractivity contribution in [1.29, 1.82) is 0 Å². The zero-order chi connectivity index (χ0) is 14.0. The molecule has 0 bridgehead atoms. The summed E-state index contributed by atoms with van der Waals surface area (Å²) in [5.41, 5.74) is 0.460.